The molecule has 0 unspecified atom stereocenters. The van der Waals surface area contributed by atoms with E-state index in [1.807, 2.05) is 36.2 Å². The third-order valence-corrected chi connectivity index (χ3v) is 5.17. The predicted octanol–water partition coefficient (Wildman–Crippen LogP) is 1.86. The summed E-state index contributed by atoms with van der Waals surface area (Å²) >= 11 is 0. The highest BCUT2D eigenvalue weighted by molar-refractivity contribution is 5.67. The number of amides is 1. The molecular weight excluding hydrogens is 426 g/mol. The van der Waals surface area contributed by atoms with Crippen LogP contribution in [0.15, 0.2) is 41.1 Å². The van der Waals surface area contributed by atoms with Gasteiger partial charge in [0.1, 0.15) is 17.6 Å². The van der Waals surface area contributed by atoms with Crippen LogP contribution in [0.25, 0.3) is 23.0 Å². The van der Waals surface area contributed by atoms with E-state index in [0.717, 1.165) is 12.1 Å². The van der Waals surface area contributed by atoms with Crippen LogP contribution in [0.1, 0.15) is 12.0 Å². The summed E-state index contributed by atoms with van der Waals surface area (Å²) in [5.41, 5.74) is 2.49. The molecule has 2 aromatic heterocycles. The van der Waals surface area contributed by atoms with E-state index in [0.29, 0.717) is 56.0 Å². The lowest BCUT2D eigenvalue weighted by Crippen LogP contribution is -2.32. The second kappa shape index (κ2) is 10.8. The lowest BCUT2D eigenvalue weighted by atomic mass is 10.1. The first-order chi connectivity index (χ1) is 16.2. The largest absolute Gasteiger partial charge is 0.444 e. The van der Waals surface area contributed by atoms with Crippen LogP contribution in [-0.4, -0.2) is 72.8 Å². The number of rotatable bonds is 9. The van der Waals surface area contributed by atoms with Crippen molar-refractivity contribution in [2.45, 2.75) is 19.1 Å². The minimum absolute atomic E-state index is 0.223. The Bertz CT molecular complexity index is 1060. The summed E-state index contributed by atoms with van der Waals surface area (Å²) in [4.78, 5) is 22.8. The number of ether oxygens (including phenoxy) is 2. The summed E-state index contributed by atoms with van der Waals surface area (Å²) in [5.74, 6) is 1.38. The quantitative estimate of drug-likeness (QED) is 0.463. The van der Waals surface area contributed by atoms with Crippen LogP contribution in [0.3, 0.4) is 0 Å². The van der Waals surface area contributed by atoms with Crippen molar-refractivity contribution in [2.24, 2.45) is 0 Å². The van der Waals surface area contributed by atoms with Crippen LogP contribution in [0.5, 0.6) is 0 Å². The number of carbonyl (C=O) groups is 1. The maximum absolute atomic E-state index is 11.9. The van der Waals surface area contributed by atoms with Gasteiger partial charge < -0.3 is 29.4 Å². The van der Waals surface area contributed by atoms with Gasteiger partial charge >= 0.3 is 6.09 Å². The summed E-state index contributed by atoms with van der Waals surface area (Å²) in [6, 6.07) is 7.92. The Morgan fingerprint density at radius 3 is 2.82 bits per heavy atom. The van der Waals surface area contributed by atoms with Crippen molar-refractivity contribution >= 4 is 11.9 Å². The zero-order valence-corrected chi connectivity index (χ0v) is 18.7. The third-order valence-electron chi connectivity index (χ3n) is 5.17. The molecule has 4 rings (SSSR count). The second-order valence-electron chi connectivity index (χ2n) is 7.58. The highest BCUT2D eigenvalue weighted by Crippen LogP contribution is 2.25. The molecule has 2 N–H and O–H groups in total. The van der Waals surface area contributed by atoms with Gasteiger partial charge in [0.25, 0.3) is 5.89 Å². The molecule has 0 spiro atoms. The fourth-order valence-corrected chi connectivity index (χ4v) is 3.50. The van der Waals surface area contributed by atoms with Gasteiger partial charge in [-0.05, 0) is 24.7 Å². The summed E-state index contributed by atoms with van der Waals surface area (Å²) in [5, 5.41) is 14.1. The van der Waals surface area contributed by atoms with Gasteiger partial charge in [-0.25, -0.2) is 9.78 Å². The molecule has 11 heteroatoms. The maximum atomic E-state index is 11.9. The number of carbonyl (C=O) groups excluding carboxylic acids is 1. The summed E-state index contributed by atoms with van der Waals surface area (Å²) in [6.07, 6.45) is 3.29. The van der Waals surface area contributed by atoms with E-state index >= 15 is 0 Å². The van der Waals surface area contributed by atoms with E-state index in [2.05, 4.69) is 30.8 Å². The van der Waals surface area contributed by atoms with E-state index < -0.39 is 6.09 Å². The summed E-state index contributed by atoms with van der Waals surface area (Å²) < 4.78 is 16.2. The molecular formula is C22H27N7O4. The topological polar surface area (TPSA) is 128 Å². The molecule has 1 aromatic carbocycles. The van der Waals surface area contributed by atoms with Crippen LogP contribution in [0, 0.1) is 0 Å². The monoisotopic (exact) mass is 453 g/mol. The van der Waals surface area contributed by atoms with Crippen LogP contribution in [0.4, 0.5) is 10.6 Å². The van der Waals surface area contributed by atoms with Gasteiger partial charge in [-0.1, -0.05) is 12.1 Å². The molecule has 3 heterocycles. The van der Waals surface area contributed by atoms with Crippen LogP contribution < -0.4 is 15.5 Å². The molecule has 1 saturated heterocycles. The van der Waals surface area contributed by atoms with Gasteiger partial charge in [-0.3, -0.25) is 4.98 Å². The molecule has 33 heavy (non-hydrogen) atoms. The number of hydrogen-bond acceptors (Lipinski definition) is 10. The molecule has 0 saturated carbocycles. The smallest absolute Gasteiger partial charge is 0.407 e. The van der Waals surface area contributed by atoms with Gasteiger partial charge in [0, 0.05) is 38.7 Å². The Hall–Kier alpha value is -3.57. The molecule has 11 nitrogen and oxygen atoms in total. The van der Waals surface area contributed by atoms with E-state index in [4.69, 9.17) is 13.9 Å². The second-order valence-corrected chi connectivity index (χ2v) is 7.58. The van der Waals surface area contributed by atoms with Gasteiger partial charge in [-0.15, -0.1) is 10.2 Å². The number of alkyl carbamates (subject to hydrolysis) is 1. The minimum Gasteiger partial charge on any atom is -0.444 e. The van der Waals surface area contributed by atoms with Gasteiger partial charge in [0.15, 0.2) is 0 Å². The normalized spacial score (nSPS) is 15.6. The first kappa shape index (κ1) is 22.6. The fraction of sp³-hybridized carbons (Fsp3) is 0.409. The molecule has 0 bridgehead atoms. The fourth-order valence-electron chi connectivity index (χ4n) is 3.50. The van der Waals surface area contributed by atoms with Crippen molar-refractivity contribution < 1.29 is 18.7 Å². The minimum atomic E-state index is -0.448. The molecule has 3 aromatic rings. The molecule has 0 aliphatic carbocycles. The molecule has 174 valence electrons. The van der Waals surface area contributed by atoms with Crippen LogP contribution >= 0.6 is 0 Å². The lowest BCUT2D eigenvalue weighted by molar-refractivity contribution is 0.104. The Labute approximate surface area is 191 Å². The van der Waals surface area contributed by atoms with Crippen molar-refractivity contribution in [3.8, 4) is 23.0 Å². The number of nitrogens with one attached hydrogen (secondary N) is 2. The lowest BCUT2D eigenvalue weighted by Gasteiger charge is -2.17. The average Bonchev–Trinajstić information content (AvgIpc) is 3.50. The third kappa shape index (κ3) is 5.82. The number of nitrogens with zero attached hydrogens (tertiary/aromatic N) is 5. The number of hydrogen-bond donors (Lipinski definition) is 2. The molecule has 1 fully saturated rings. The molecule has 1 aliphatic heterocycles. The van der Waals surface area contributed by atoms with Crippen molar-refractivity contribution in [3.63, 3.8) is 0 Å². The van der Waals surface area contributed by atoms with E-state index in [1.165, 1.54) is 5.56 Å². The van der Waals surface area contributed by atoms with E-state index in [1.54, 1.807) is 19.5 Å². The Morgan fingerprint density at radius 2 is 2.03 bits per heavy atom. The molecule has 0 radical (unpaired) electrons. The first-order valence-corrected chi connectivity index (χ1v) is 10.7. The van der Waals surface area contributed by atoms with Crippen LogP contribution in [-0.2, 0) is 16.0 Å². The number of benzene rings is 1. The van der Waals surface area contributed by atoms with E-state index in [-0.39, 0.29) is 6.10 Å². The maximum Gasteiger partial charge on any atom is 0.407 e. The predicted molar refractivity (Wildman–Crippen MR) is 121 cm³/mol. The Kier molecular flexibility index (Phi) is 7.43. The first-order valence-electron chi connectivity index (χ1n) is 10.7. The highest BCUT2D eigenvalue weighted by atomic mass is 16.6. The number of methoxy groups -OCH3 is 1. The van der Waals surface area contributed by atoms with Crippen molar-refractivity contribution in [1.82, 2.24) is 30.8 Å². The number of aromatic nitrogens is 4. The SMILES string of the molecule is CNCc1ccc(-c2nnc(-c3cncc(N4CC[C@@H](OC(=O)NCCOC)C4)n3)o2)cc1. The summed E-state index contributed by atoms with van der Waals surface area (Å²) in [7, 11) is 3.48. The highest BCUT2D eigenvalue weighted by Gasteiger charge is 2.27. The zero-order chi connectivity index (χ0) is 23.0. The Morgan fingerprint density at radius 1 is 1.21 bits per heavy atom. The molecule has 1 aliphatic rings. The van der Waals surface area contributed by atoms with Gasteiger partial charge in [0.05, 0.1) is 25.5 Å². The molecule has 1 amide bonds. The Balaban J connectivity index is 1.39. The van der Waals surface area contributed by atoms with Gasteiger partial charge in [0.2, 0.25) is 5.89 Å². The van der Waals surface area contributed by atoms with Crippen molar-refractivity contribution in [3.05, 3.63) is 42.2 Å². The molecule has 1 atom stereocenters. The van der Waals surface area contributed by atoms with Crippen LogP contribution in [0.2, 0.25) is 0 Å². The van der Waals surface area contributed by atoms with Gasteiger partial charge in [-0.2, -0.15) is 0 Å². The standard InChI is InChI=1S/C22H27N7O4/c1-23-11-15-3-5-16(6-4-15)20-27-28-21(33-20)18-12-24-13-19(26-18)29-9-7-17(14-29)32-22(30)25-8-10-31-2/h3-6,12-13,17,23H,7-11,14H2,1-2H3,(H,25,30)/t17-/m1/s1. The average molecular weight is 454 g/mol. The van der Waals surface area contributed by atoms with Crippen molar-refractivity contribution in [2.75, 3.05) is 45.3 Å². The summed E-state index contributed by atoms with van der Waals surface area (Å²) in [6.45, 7) is 2.86. The zero-order valence-electron chi connectivity index (χ0n) is 18.7. The van der Waals surface area contributed by atoms with E-state index in [9.17, 15) is 4.79 Å². The number of anilines is 1. The van der Waals surface area contributed by atoms with Crippen molar-refractivity contribution in [1.29, 1.82) is 0 Å².